The molecule has 1 saturated heterocycles. The van der Waals surface area contributed by atoms with Crippen molar-refractivity contribution >= 4 is 46.6 Å². The lowest BCUT2D eigenvalue weighted by Gasteiger charge is -2.22. The number of hydrogen-bond donors (Lipinski definition) is 2. The number of halogens is 3. The van der Waals surface area contributed by atoms with Crippen molar-refractivity contribution in [3.63, 3.8) is 0 Å². The zero-order valence-electron chi connectivity index (χ0n) is 26.1. The van der Waals surface area contributed by atoms with E-state index in [1.807, 2.05) is 44.2 Å². The summed E-state index contributed by atoms with van der Waals surface area (Å²) in [6.45, 7) is 4.50. The van der Waals surface area contributed by atoms with Crippen molar-refractivity contribution in [3.05, 3.63) is 83.4 Å². The molecule has 0 saturated carbocycles. The number of nitrogens with one attached hydrogen (secondary N) is 2. The first-order valence-electron chi connectivity index (χ1n) is 15.0. The molecule has 2 N–H and O–H groups in total. The second-order valence-corrected chi connectivity index (χ2v) is 12.1. The molecule has 0 aliphatic carbocycles. The zero-order chi connectivity index (χ0) is 33.6. The number of urea groups is 1. The van der Waals surface area contributed by atoms with Crippen LogP contribution in [0.15, 0.2) is 76.7 Å². The maximum Gasteiger partial charge on any atom is 0.573 e. The minimum absolute atomic E-state index is 0.127. The van der Waals surface area contributed by atoms with E-state index >= 15 is 0 Å². The van der Waals surface area contributed by atoms with Crippen LogP contribution in [0.3, 0.4) is 0 Å². The summed E-state index contributed by atoms with van der Waals surface area (Å²) in [6, 6.07) is 18.5. The number of anilines is 2. The average molecular weight is 669 g/mol. The molecule has 3 aromatic rings. The quantitative estimate of drug-likeness (QED) is 0.213. The van der Waals surface area contributed by atoms with Crippen LogP contribution in [0.4, 0.5) is 29.3 Å². The second-order valence-electron chi connectivity index (χ2n) is 11.1. The summed E-state index contributed by atoms with van der Waals surface area (Å²) in [5.74, 6) is 0.608. The Morgan fingerprint density at radius 1 is 1.11 bits per heavy atom. The molecule has 0 spiro atoms. The SMILES string of the molecule is COc1ccc(N2C(=O)CSC2=NC(=O)NCCCCc2cccc(C3N=CN(c4ccc(OC(F)(F)F)cc4)N3)c2)c(C(C)C)c1. The van der Waals surface area contributed by atoms with Gasteiger partial charge in [-0.15, -0.1) is 13.2 Å². The van der Waals surface area contributed by atoms with Gasteiger partial charge in [-0.05, 0) is 84.3 Å². The fourth-order valence-corrected chi connectivity index (χ4v) is 6.00. The van der Waals surface area contributed by atoms with Crippen LogP contribution in [0.25, 0.3) is 0 Å². The van der Waals surface area contributed by atoms with E-state index in [2.05, 4.69) is 31.5 Å². The van der Waals surface area contributed by atoms with Crippen molar-refractivity contribution in [1.82, 2.24) is 10.7 Å². The molecule has 2 heterocycles. The van der Waals surface area contributed by atoms with Crippen LogP contribution in [-0.4, -0.2) is 49.2 Å². The van der Waals surface area contributed by atoms with Crippen LogP contribution >= 0.6 is 11.8 Å². The van der Waals surface area contributed by atoms with E-state index in [4.69, 9.17) is 4.74 Å². The number of hydrogen-bond acceptors (Lipinski definition) is 8. The number of ether oxygens (including phenoxy) is 2. The van der Waals surface area contributed by atoms with E-state index < -0.39 is 12.4 Å². The van der Waals surface area contributed by atoms with Crippen LogP contribution in [0.1, 0.15) is 55.5 Å². The Bertz CT molecular complexity index is 1650. The van der Waals surface area contributed by atoms with Crippen LogP contribution in [0.5, 0.6) is 11.5 Å². The number of rotatable bonds is 11. The maximum absolute atomic E-state index is 12.8. The third-order valence-corrected chi connectivity index (χ3v) is 8.36. The van der Waals surface area contributed by atoms with E-state index in [-0.39, 0.29) is 29.5 Å². The van der Waals surface area contributed by atoms with Gasteiger partial charge in [0.15, 0.2) is 5.17 Å². The topological polar surface area (TPSA) is 108 Å². The highest BCUT2D eigenvalue weighted by atomic mass is 32.2. The molecule has 1 unspecified atom stereocenters. The lowest BCUT2D eigenvalue weighted by atomic mass is 10.00. The number of alkyl halides is 3. The van der Waals surface area contributed by atoms with Gasteiger partial charge >= 0.3 is 12.4 Å². The summed E-state index contributed by atoms with van der Waals surface area (Å²) in [5, 5.41) is 4.82. The van der Waals surface area contributed by atoms with Crippen LogP contribution in [0.2, 0.25) is 0 Å². The van der Waals surface area contributed by atoms with Gasteiger partial charge in [0.2, 0.25) is 5.91 Å². The molecule has 5 rings (SSSR count). The Morgan fingerprint density at radius 2 is 1.87 bits per heavy atom. The molecule has 1 fully saturated rings. The molecule has 3 aromatic carbocycles. The zero-order valence-corrected chi connectivity index (χ0v) is 26.9. The number of benzene rings is 3. The Hall–Kier alpha value is -4.56. The maximum atomic E-state index is 12.8. The van der Waals surface area contributed by atoms with E-state index in [9.17, 15) is 22.8 Å². The molecule has 2 aliphatic rings. The van der Waals surface area contributed by atoms with Gasteiger partial charge in [0, 0.05) is 6.54 Å². The van der Waals surface area contributed by atoms with Gasteiger partial charge < -0.3 is 14.8 Å². The number of amides is 3. The van der Waals surface area contributed by atoms with Gasteiger partial charge in [0.25, 0.3) is 0 Å². The van der Waals surface area contributed by atoms with Crippen LogP contribution < -0.4 is 30.1 Å². The molecule has 1 atom stereocenters. The van der Waals surface area contributed by atoms with Gasteiger partial charge in [-0.25, -0.2) is 9.79 Å². The molecule has 2 aliphatic heterocycles. The first kappa shape index (κ1) is 33.8. The predicted octanol–water partition coefficient (Wildman–Crippen LogP) is 6.94. The number of carbonyl (C=O) groups is 2. The smallest absolute Gasteiger partial charge is 0.497 e. The van der Waals surface area contributed by atoms with Crippen molar-refractivity contribution in [2.75, 3.05) is 29.3 Å². The Labute approximate surface area is 275 Å². The molecule has 14 heteroatoms. The van der Waals surface area contributed by atoms with Crippen molar-refractivity contribution < 1.29 is 32.2 Å². The van der Waals surface area contributed by atoms with Crippen LogP contribution in [0, 0.1) is 0 Å². The minimum Gasteiger partial charge on any atom is -0.497 e. The lowest BCUT2D eigenvalue weighted by molar-refractivity contribution is -0.274. The molecule has 248 valence electrons. The molecule has 10 nitrogen and oxygen atoms in total. The van der Waals surface area contributed by atoms with Crippen molar-refractivity contribution in [1.29, 1.82) is 0 Å². The van der Waals surface area contributed by atoms with Crippen molar-refractivity contribution in [2.24, 2.45) is 9.98 Å². The highest BCUT2D eigenvalue weighted by Gasteiger charge is 2.33. The number of nitrogens with zero attached hydrogens (tertiary/aromatic N) is 4. The lowest BCUT2D eigenvalue weighted by Crippen LogP contribution is -2.33. The van der Waals surface area contributed by atoms with Crippen LogP contribution in [-0.2, 0) is 11.2 Å². The van der Waals surface area contributed by atoms with E-state index in [0.29, 0.717) is 28.8 Å². The third kappa shape index (κ3) is 8.83. The van der Waals surface area contributed by atoms with Gasteiger partial charge in [-0.3, -0.25) is 14.7 Å². The summed E-state index contributed by atoms with van der Waals surface area (Å²) in [5.41, 5.74) is 7.51. The van der Waals surface area contributed by atoms with Gasteiger partial charge in [0.1, 0.15) is 24.0 Å². The summed E-state index contributed by atoms with van der Waals surface area (Å²) < 4.78 is 46.6. The number of aryl methyl sites for hydroxylation is 1. The first-order chi connectivity index (χ1) is 22.5. The summed E-state index contributed by atoms with van der Waals surface area (Å²) >= 11 is 1.24. The normalized spacial score (nSPS) is 17.2. The summed E-state index contributed by atoms with van der Waals surface area (Å²) in [7, 11) is 1.59. The molecular formula is C33H35F3N6O4S. The predicted molar refractivity (Wildman–Crippen MR) is 177 cm³/mol. The highest BCUT2D eigenvalue weighted by Crippen LogP contribution is 2.36. The molecular weight excluding hydrogens is 633 g/mol. The van der Waals surface area contributed by atoms with E-state index in [0.717, 1.165) is 36.0 Å². The average Bonchev–Trinajstić information content (AvgIpc) is 3.67. The van der Waals surface area contributed by atoms with Gasteiger partial charge in [0.05, 0.1) is 24.2 Å². The number of carbonyl (C=O) groups excluding carboxylic acids is 2. The number of methoxy groups -OCH3 is 1. The molecule has 0 radical (unpaired) electrons. The monoisotopic (exact) mass is 668 g/mol. The second kappa shape index (κ2) is 14.9. The molecule has 0 aromatic heterocycles. The largest absolute Gasteiger partial charge is 0.573 e. The van der Waals surface area contributed by atoms with E-state index in [1.54, 1.807) is 24.5 Å². The Morgan fingerprint density at radius 3 is 2.60 bits per heavy atom. The molecule has 47 heavy (non-hydrogen) atoms. The van der Waals surface area contributed by atoms with Gasteiger partial charge in [-0.1, -0.05) is 49.9 Å². The summed E-state index contributed by atoms with van der Waals surface area (Å²) in [4.78, 5) is 35.7. The van der Waals surface area contributed by atoms with Crippen molar-refractivity contribution in [2.45, 2.75) is 51.6 Å². The number of unbranched alkanes of at least 4 members (excludes halogenated alkanes) is 1. The third-order valence-electron chi connectivity index (χ3n) is 7.44. The fourth-order valence-electron chi connectivity index (χ4n) is 5.14. The minimum atomic E-state index is -4.75. The fraction of sp³-hybridized carbons (Fsp3) is 0.333. The summed E-state index contributed by atoms with van der Waals surface area (Å²) in [6.07, 6.45) is -1.18. The molecule has 3 amide bonds. The Kier molecular flexibility index (Phi) is 10.7. The number of thioether (sulfide) groups is 1. The van der Waals surface area contributed by atoms with Crippen molar-refractivity contribution in [3.8, 4) is 11.5 Å². The number of amidine groups is 1. The standard InChI is InChI=1S/C33H35F3N6O4S/c1-21(2)27-18-26(45-3)14-15-28(27)42-29(43)19-47-32(42)39-31(44)37-16-5-4-7-22-8-6-9-23(17-22)30-38-20-41(40-30)24-10-12-25(13-11-24)46-33(34,35)36/h6,8-15,17-18,20-21,30,40H,4-5,7,16,19H2,1-3H3,(H,37,44). The highest BCUT2D eigenvalue weighted by molar-refractivity contribution is 8.15. The first-order valence-corrected chi connectivity index (χ1v) is 16.0. The van der Waals surface area contributed by atoms with Gasteiger partial charge in [-0.2, -0.15) is 10.4 Å². The number of aliphatic imine (C=N–C) groups is 2. The van der Waals surface area contributed by atoms with E-state index in [1.165, 1.54) is 40.9 Å². The Balaban J connectivity index is 1.09. The molecule has 0 bridgehead atoms. The number of hydrazine groups is 1.